The van der Waals surface area contributed by atoms with Crippen LogP contribution in [0.1, 0.15) is 122 Å². The maximum absolute atomic E-state index is 12.3. The summed E-state index contributed by atoms with van der Waals surface area (Å²) in [4.78, 5) is 27.8. The molecule has 0 aromatic carbocycles. The number of carboxylic acids is 1. The number of rotatable bonds is 18. The summed E-state index contributed by atoms with van der Waals surface area (Å²) in [7, 11) is 0. The predicted molar refractivity (Wildman–Crippen MR) is 124 cm³/mol. The Bertz CT molecular complexity index is 522. The molecule has 1 amide bonds. The van der Waals surface area contributed by atoms with E-state index in [-0.39, 0.29) is 69.1 Å². The molecule has 1 rings (SSSR count). The molecule has 1 aliphatic rings. The van der Waals surface area contributed by atoms with Crippen molar-refractivity contribution in [2.24, 2.45) is 10.9 Å². The van der Waals surface area contributed by atoms with Crippen LogP contribution in [0.4, 0.5) is 0 Å². The topological polar surface area (TPSA) is 102 Å². The normalized spacial score (nSPS) is 15.7. The van der Waals surface area contributed by atoms with Gasteiger partial charge >= 0.3 is 57.4 Å². The zero-order chi connectivity index (χ0) is 22.7. The number of hydrogen-bond acceptors (Lipinski definition) is 4. The molecule has 0 aromatic heterocycles. The molecule has 1 unspecified atom stereocenters. The molecule has 1 fully saturated rings. The van der Waals surface area contributed by atoms with Crippen molar-refractivity contribution in [1.29, 1.82) is 0 Å². The summed E-state index contributed by atoms with van der Waals surface area (Å²) in [5, 5.41) is 24.0. The molecule has 0 aromatic rings. The Kier molecular flexibility index (Phi) is 21.6. The van der Waals surface area contributed by atoms with Crippen molar-refractivity contribution in [3.63, 3.8) is 0 Å². The third kappa shape index (κ3) is 16.6. The molecule has 0 bridgehead atoms. The molecular weight excluding hydrogens is 431 g/mol. The van der Waals surface area contributed by atoms with Gasteiger partial charge in [0.2, 0.25) is 5.91 Å². The van der Waals surface area contributed by atoms with E-state index < -0.39 is 12.0 Å². The minimum Gasteiger partial charge on any atom is -0.862 e. The number of carbonyl (C=O) groups is 2. The quantitative estimate of drug-likeness (QED) is 0.137. The monoisotopic (exact) mass is 476 g/mol. The Hall–Kier alpha value is 0.0464. The van der Waals surface area contributed by atoms with E-state index in [2.05, 4.69) is 17.2 Å². The van der Waals surface area contributed by atoms with E-state index in [1.54, 1.807) is 0 Å². The Morgan fingerprint density at radius 3 is 2.12 bits per heavy atom. The van der Waals surface area contributed by atoms with Gasteiger partial charge in [0.15, 0.2) is 0 Å². The predicted octanol–water partition coefficient (Wildman–Crippen LogP) is 1.99. The molecule has 0 spiro atoms. The van der Waals surface area contributed by atoms with E-state index in [9.17, 15) is 19.8 Å². The maximum Gasteiger partial charge on any atom is 1.00 e. The van der Waals surface area contributed by atoms with Gasteiger partial charge in [0.05, 0.1) is 0 Å². The first-order valence-electron chi connectivity index (χ1n) is 12.8. The van der Waals surface area contributed by atoms with Crippen molar-refractivity contribution in [3.05, 3.63) is 0 Å². The molecule has 0 saturated heterocycles. The van der Waals surface area contributed by atoms with Crippen molar-refractivity contribution < 1.29 is 71.2 Å². The van der Waals surface area contributed by atoms with E-state index in [1.165, 1.54) is 44.9 Å². The fourth-order valence-corrected chi connectivity index (χ4v) is 4.24. The molecular formula is C25H45KN2O4. The second-order valence-electron chi connectivity index (χ2n) is 9.08. The molecule has 180 valence electrons. The second kappa shape index (κ2) is 21.6. The number of nitrogens with zero attached hydrogens (tertiary/aromatic N) is 1. The number of hydrogen-bond donors (Lipinski definition) is 2. The van der Waals surface area contributed by atoms with Gasteiger partial charge in [-0.2, -0.15) is 0 Å². The fraction of sp³-hybridized carbons (Fsp3) is 0.880. The van der Waals surface area contributed by atoms with Crippen LogP contribution in [-0.2, 0) is 9.59 Å². The third-order valence-electron chi connectivity index (χ3n) is 6.27. The summed E-state index contributed by atoms with van der Waals surface area (Å²) in [6.45, 7) is 2.67. The van der Waals surface area contributed by atoms with Gasteiger partial charge in [-0.1, -0.05) is 77.6 Å². The van der Waals surface area contributed by atoms with Gasteiger partial charge in [-0.25, -0.2) is 4.79 Å². The van der Waals surface area contributed by atoms with Crippen LogP contribution in [0.25, 0.3) is 0 Å². The van der Waals surface area contributed by atoms with Crippen LogP contribution in [0, 0.1) is 5.92 Å². The Morgan fingerprint density at radius 2 is 1.53 bits per heavy atom. The number of amides is 1. The van der Waals surface area contributed by atoms with Gasteiger partial charge in [0.1, 0.15) is 6.04 Å². The summed E-state index contributed by atoms with van der Waals surface area (Å²) in [6.07, 6.45) is 18.2. The minimum atomic E-state index is -0.984. The summed E-state index contributed by atoms with van der Waals surface area (Å²) < 4.78 is 0. The van der Waals surface area contributed by atoms with E-state index in [0.717, 1.165) is 44.9 Å². The largest absolute Gasteiger partial charge is 1.00 e. The Balaban J connectivity index is 0.00000961. The van der Waals surface area contributed by atoms with Gasteiger partial charge in [-0.05, 0) is 50.8 Å². The Labute approximate surface area is 238 Å². The van der Waals surface area contributed by atoms with Gasteiger partial charge in [0.25, 0.3) is 0 Å². The van der Waals surface area contributed by atoms with E-state index >= 15 is 0 Å². The van der Waals surface area contributed by atoms with Gasteiger partial charge < -0.3 is 20.5 Å². The number of carbonyl (C=O) groups excluding carboxylic acids is 1. The van der Waals surface area contributed by atoms with Crippen LogP contribution in [0.5, 0.6) is 0 Å². The zero-order valence-electron chi connectivity index (χ0n) is 20.7. The SMILES string of the molecule is CCCCCCCCCCCC([O-])=NCCCCC(NC(=O)C1CCCCC1)C(=O)O.[K+]. The van der Waals surface area contributed by atoms with Crippen molar-refractivity contribution in [1.82, 2.24) is 5.32 Å². The number of aliphatic carboxylic acids is 1. The standard InChI is InChI=1S/C25H46N2O4.K/c1-2-3-4-5-6-7-8-9-13-19-23(28)26-20-15-14-18-22(25(30)31)27-24(29)21-16-11-10-12-17-21;/h21-22H,2-20H2,1H3,(H,26,28)(H,27,29)(H,30,31);/q;+1/p-1. The van der Waals surface area contributed by atoms with Crippen molar-refractivity contribution >= 4 is 17.8 Å². The molecule has 0 heterocycles. The molecule has 0 aliphatic heterocycles. The number of unbranched alkanes of at least 4 members (excludes halogenated alkanes) is 9. The molecule has 6 nitrogen and oxygen atoms in total. The first-order chi connectivity index (χ1) is 15.0. The van der Waals surface area contributed by atoms with Gasteiger partial charge in [0, 0.05) is 12.5 Å². The van der Waals surface area contributed by atoms with Crippen molar-refractivity contribution in [3.8, 4) is 0 Å². The Morgan fingerprint density at radius 1 is 0.938 bits per heavy atom. The van der Waals surface area contributed by atoms with Gasteiger partial charge in [-0.3, -0.25) is 4.79 Å². The first kappa shape index (κ1) is 32.0. The molecule has 2 N–H and O–H groups in total. The van der Waals surface area contributed by atoms with Crippen LogP contribution >= 0.6 is 0 Å². The van der Waals surface area contributed by atoms with Crippen LogP contribution in [0.2, 0.25) is 0 Å². The van der Waals surface area contributed by atoms with Crippen LogP contribution in [-0.4, -0.2) is 35.5 Å². The average Bonchev–Trinajstić information content (AvgIpc) is 2.77. The summed E-state index contributed by atoms with van der Waals surface area (Å²) in [6, 6.07) is -0.841. The summed E-state index contributed by atoms with van der Waals surface area (Å²) in [5.41, 5.74) is 0. The average molecular weight is 477 g/mol. The van der Waals surface area contributed by atoms with Crippen molar-refractivity contribution in [2.45, 2.75) is 129 Å². The molecule has 1 aliphatic carbocycles. The van der Waals surface area contributed by atoms with E-state index in [1.807, 2.05) is 0 Å². The number of aliphatic imine (C=N–C) groups is 1. The molecule has 1 saturated carbocycles. The summed E-state index contributed by atoms with van der Waals surface area (Å²) >= 11 is 0. The maximum atomic E-state index is 12.3. The van der Waals surface area contributed by atoms with Crippen LogP contribution < -0.4 is 61.8 Å². The van der Waals surface area contributed by atoms with E-state index in [0.29, 0.717) is 32.2 Å². The number of carboxylic acid groups (broad SMARTS) is 1. The molecule has 7 heteroatoms. The second-order valence-corrected chi connectivity index (χ2v) is 9.08. The summed E-state index contributed by atoms with van der Waals surface area (Å²) in [5.74, 6) is -1.18. The molecule has 32 heavy (non-hydrogen) atoms. The van der Waals surface area contributed by atoms with Crippen LogP contribution in [0.15, 0.2) is 4.99 Å². The number of nitrogens with one attached hydrogen (secondary N) is 1. The van der Waals surface area contributed by atoms with Crippen LogP contribution in [0.3, 0.4) is 0 Å². The van der Waals surface area contributed by atoms with Gasteiger partial charge in [-0.15, -0.1) is 0 Å². The van der Waals surface area contributed by atoms with Crippen molar-refractivity contribution in [2.75, 3.05) is 6.54 Å². The third-order valence-corrected chi connectivity index (χ3v) is 6.27. The van der Waals surface area contributed by atoms with E-state index in [4.69, 9.17) is 0 Å². The minimum absolute atomic E-state index is 0. The zero-order valence-corrected chi connectivity index (χ0v) is 23.8. The fourth-order valence-electron chi connectivity index (χ4n) is 4.24. The molecule has 1 atom stereocenters. The first-order valence-corrected chi connectivity index (χ1v) is 12.8. The molecule has 0 radical (unpaired) electrons. The smallest absolute Gasteiger partial charge is 0.862 e.